The summed E-state index contributed by atoms with van der Waals surface area (Å²) in [6.45, 7) is 3.54. The molecule has 0 aromatic heterocycles. The summed E-state index contributed by atoms with van der Waals surface area (Å²) in [7, 11) is 0. The van der Waals surface area contributed by atoms with Gasteiger partial charge in [0.2, 0.25) is 0 Å². The number of ether oxygens (including phenoxy) is 1. The Morgan fingerprint density at radius 1 is 1.14 bits per heavy atom. The fourth-order valence-corrected chi connectivity index (χ4v) is 3.52. The van der Waals surface area contributed by atoms with Crippen LogP contribution in [-0.4, -0.2) is 37.3 Å². The Kier molecular flexibility index (Phi) is 7.42. The first-order chi connectivity index (χ1) is 14.1. The normalized spacial score (nSPS) is 14.9. The zero-order valence-corrected chi connectivity index (χ0v) is 17.2. The van der Waals surface area contributed by atoms with Gasteiger partial charge >= 0.3 is 5.97 Å². The average molecular weight is 413 g/mol. The van der Waals surface area contributed by atoms with E-state index >= 15 is 0 Å². The maximum Gasteiger partial charge on any atom is 0.338 e. The highest BCUT2D eigenvalue weighted by Crippen LogP contribution is 2.22. The standard InChI is InChI=1S/C23H25ClN2O3/c1-2-29-23(28)19-8-4-3-7-17(19)15-20(22-25-13-5-6-14-26-22)21(27)16-9-11-18(24)12-10-16/h3-4,7-12,20H,2,5-6,13-15H2,1H3,(H,25,26). The number of hydrogen-bond acceptors (Lipinski definition) is 5. The molecule has 1 aliphatic rings. The minimum Gasteiger partial charge on any atom is -0.462 e. The molecule has 2 aromatic carbocycles. The zero-order chi connectivity index (χ0) is 20.6. The maximum atomic E-state index is 13.4. The van der Waals surface area contributed by atoms with E-state index in [0.29, 0.717) is 41.6 Å². The fourth-order valence-electron chi connectivity index (χ4n) is 3.40. The topological polar surface area (TPSA) is 67.8 Å². The van der Waals surface area contributed by atoms with Crippen LogP contribution in [0, 0.1) is 5.92 Å². The lowest BCUT2D eigenvalue weighted by Crippen LogP contribution is -2.37. The van der Waals surface area contributed by atoms with E-state index in [4.69, 9.17) is 16.3 Å². The smallest absolute Gasteiger partial charge is 0.338 e. The summed E-state index contributed by atoms with van der Waals surface area (Å²) in [6, 6.07) is 14.1. The highest BCUT2D eigenvalue weighted by atomic mass is 35.5. The van der Waals surface area contributed by atoms with E-state index in [0.717, 1.165) is 24.9 Å². The Morgan fingerprint density at radius 3 is 2.66 bits per heavy atom. The molecule has 0 aliphatic carbocycles. The van der Waals surface area contributed by atoms with Crippen LogP contribution >= 0.6 is 11.6 Å². The van der Waals surface area contributed by atoms with E-state index in [1.165, 1.54) is 0 Å². The molecule has 0 amide bonds. The molecule has 0 spiro atoms. The SMILES string of the molecule is CCOC(=O)c1ccccc1CC(C(=O)c1ccc(Cl)cc1)C1=NCCCCN1. The molecule has 3 rings (SSSR count). The number of nitrogens with zero attached hydrogens (tertiary/aromatic N) is 1. The minimum absolute atomic E-state index is 0.0477. The van der Waals surface area contributed by atoms with Gasteiger partial charge in [-0.3, -0.25) is 9.79 Å². The molecule has 2 aromatic rings. The van der Waals surface area contributed by atoms with Crippen molar-refractivity contribution >= 4 is 29.2 Å². The van der Waals surface area contributed by atoms with Crippen molar-refractivity contribution in [1.29, 1.82) is 0 Å². The largest absolute Gasteiger partial charge is 0.462 e. The van der Waals surface area contributed by atoms with Crippen molar-refractivity contribution in [2.75, 3.05) is 19.7 Å². The molecule has 0 fully saturated rings. The molecule has 6 heteroatoms. The van der Waals surface area contributed by atoms with Crippen LogP contribution in [0.25, 0.3) is 0 Å². The molecule has 152 valence electrons. The van der Waals surface area contributed by atoms with Crippen molar-refractivity contribution in [3.05, 3.63) is 70.2 Å². The third kappa shape index (κ3) is 5.45. The van der Waals surface area contributed by atoms with Gasteiger partial charge in [-0.2, -0.15) is 0 Å². The number of esters is 1. The first-order valence-corrected chi connectivity index (χ1v) is 10.3. The van der Waals surface area contributed by atoms with Crippen molar-refractivity contribution in [3.63, 3.8) is 0 Å². The number of amidine groups is 1. The third-order valence-electron chi connectivity index (χ3n) is 4.89. The Morgan fingerprint density at radius 2 is 1.90 bits per heavy atom. The van der Waals surface area contributed by atoms with Gasteiger partial charge in [-0.05, 0) is 62.1 Å². The van der Waals surface area contributed by atoms with Crippen molar-refractivity contribution < 1.29 is 14.3 Å². The lowest BCUT2D eigenvalue weighted by Gasteiger charge is -2.20. The predicted molar refractivity (Wildman–Crippen MR) is 115 cm³/mol. The second-order valence-electron chi connectivity index (χ2n) is 6.91. The molecule has 1 N–H and O–H groups in total. The van der Waals surface area contributed by atoms with Gasteiger partial charge in [0.1, 0.15) is 5.84 Å². The lowest BCUT2D eigenvalue weighted by atomic mass is 9.88. The molecule has 29 heavy (non-hydrogen) atoms. The molecular weight excluding hydrogens is 388 g/mol. The molecule has 1 aliphatic heterocycles. The summed E-state index contributed by atoms with van der Waals surface area (Å²) in [5, 5.41) is 3.90. The highest BCUT2D eigenvalue weighted by molar-refractivity contribution is 6.30. The first kappa shape index (κ1) is 21.1. The Balaban J connectivity index is 1.96. The number of halogens is 1. The summed E-state index contributed by atoms with van der Waals surface area (Å²) < 4.78 is 5.19. The number of carbonyl (C=O) groups is 2. The average Bonchev–Trinajstić information content (AvgIpc) is 3.02. The number of benzene rings is 2. The predicted octanol–water partition coefficient (Wildman–Crippen LogP) is 4.34. The summed E-state index contributed by atoms with van der Waals surface area (Å²) in [5.74, 6) is -0.254. The van der Waals surface area contributed by atoms with E-state index in [-0.39, 0.29) is 11.8 Å². The van der Waals surface area contributed by atoms with Crippen LogP contribution in [0.2, 0.25) is 5.02 Å². The number of ketones is 1. The maximum absolute atomic E-state index is 13.4. The number of Topliss-reactive ketones (excluding diaryl/α,β-unsaturated/α-hetero) is 1. The van der Waals surface area contributed by atoms with Crippen LogP contribution in [0.3, 0.4) is 0 Å². The van der Waals surface area contributed by atoms with Crippen LogP contribution in [0.1, 0.15) is 46.0 Å². The minimum atomic E-state index is -0.509. The van der Waals surface area contributed by atoms with Crippen LogP contribution in [0.5, 0.6) is 0 Å². The fraction of sp³-hybridized carbons (Fsp3) is 0.348. The van der Waals surface area contributed by atoms with E-state index in [9.17, 15) is 9.59 Å². The Bertz CT molecular complexity index is 893. The van der Waals surface area contributed by atoms with Crippen LogP contribution in [-0.2, 0) is 11.2 Å². The molecule has 0 radical (unpaired) electrons. The number of aliphatic imine (C=N–C) groups is 1. The van der Waals surface area contributed by atoms with Crippen molar-refractivity contribution in [1.82, 2.24) is 5.32 Å². The number of carbonyl (C=O) groups excluding carboxylic acids is 2. The summed E-state index contributed by atoms with van der Waals surface area (Å²) in [5.41, 5.74) is 1.83. The van der Waals surface area contributed by atoms with Gasteiger partial charge in [-0.1, -0.05) is 29.8 Å². The molecule has 5 nitrogen and oxygen atoms in total. The van der Waals surface area contributed by atoms with Crippen LogP contribution in [0.15, 0.2) is 53.5 Å². The van der Waals surface area contributed by atoms with Crippen molar-refractivity contribution in [3.8, 4) is 0 Å². The second kappa shape index (κ2) is 10.2. The summed E-state index contributed by atoms with van der Waals surface area (Å²) in [4.78, 5) is 30.4. The van der Waals surface area contributed by atoms with Gasteiger partial charge in [0, 0.05) is 23.7 Å². The Hall–Kier alpha value is -2.66. The monoisotopic (exact) mass is 412 g/mol. The number of nitrogens with one attached hydrogen (secondary N) is 1. The highest BCUT2D eigenvalue weighted by Gasteiger charge is 2.28. The van der Waals surface area contributed by atoms with Crippen LogP contribution in [0.4, 0.5) is 0 Å². The van der Waals surface area contributed by atoms with Crippen LogP contribution < -0.4 is 5.32 Å². The number of hydrogen-bond donors (Lipinski definition) is 1. The molecule has 1 heterocycles. The van der Waals surface area contributed by atoms with Crippen molar-refractivity contribution in [2.24, 2.45) is 10.9 Å². The molecule has 1 atom stereocenters. The van der Waals surface area contributed by atoms with E-state index in [1.54, 1.807) is 43.3 Å². The molecule has 0 bridgehead atoms. The molecular formula is C23H25ClN2O3. The molecule has 0 saturated carbocycles. The van der Waals surface area contributed by atoms with E-state index < -0.39 is 5.92 Å². The summed E-state index contributed by atoms with van der Waals surface area (Å²) in [6.07, 6.45) is 2.36. The zero-order valence-electron chi connectivity index (χ0n) is 16.5. The van der Waals surface area contributed by atoms with E-state index in [2.05, 4.69) is 10.3 Å². The lowest BCUT2D eigenvalue weighted by molar-refractivity contribution is 0.0524. The quantitative estimate of drug-likeness (QED) is 0.542. The molecule has 0 saturated heterocycles. The Labute approximate surface area is 176 Å². The number of rotatable bonds is 7. The molecule has 1 unspecified atom stereocenters. The second-order valence-corrected chi connectivity index (χ2v) is 7.34. The van der Waals surface area contributed by atoms with E-state index in [1.807, 2.05) is 12.1 Å². The van der Waals surface area contributed by atoms with Gasteiger partial charge in [-0.25, -0.2) is 4.79 Å². The van der Waals surface area contributed by atoms with Gasteiger partial charge in [0.15, 0.2) is 5.78 Å². The van der Waals surface area contributed by atoms with Gasteiger partial charge in [0.25, 0.3) is 0 Å². The summed E-state index contributed by atoms with van der Waals surface area (Å²) >= 11 is 5.98. The van der Waals surface area contributed by atoms with Gasteiger partial charge in [0.05, 0.1) is 18.1 Å². The van der Waals surface area contributed by atoms with Crippen molar-refractivity contribution in [2.45, 2.75) is 26.2 Å². The van der Waals surface area contributed by atoms with Gasteiger partial charge < -0.3 is 10.1 Å². The van der Waals surface area contributed by atoms with Gasteiger partial charge in [-0.15, -0.1) is 0 Å². The third-order valence-corrected chi connectivity index (χ3v) is 5.14. The first-order valence-electron chi connectivity index (χ1n) is 9.93.